The summed E-state index contributed by atoms with van der Waals surface area (Å²) in [7, 11) is 0. The van der Waals surface area contributed by atoms with Crippen LogP contribution in [0.15, 0.2) is 42.5 Å². The third kappa shape index (κ3) is 4.01. The fourth-order valence-corrected chi connectivity index (χ4v) is 3.87. The zero-order chi connectivity index (χ0) is 17.1. The summed E-state index contributed by atoms with van der Waals surface area (Å²) in [5.74, 6) is 0.483. The fraction of sp³-hybridized carbons (Fsp3) is 0.316. The monoisotopic (exact) mass is 437 g/mol. The van der Waals surface area contributed by atoms with Crippen molar-refractivity contribution in [3.05, 3.63) is 57.2 Å². The molecule has 0 atom stereocenters. The number of hydrogen-bond acceptors (Lipinski definition) is 3. The van der Waals surface area contributed by atoms with Gasteiger partial charge in [0.2, 0.25) is 0 Å². The summed E-state index contributed by atoms with van der Waals surface area (Å²) in [6.45, 7) is 0. The van der Waals surface area contributed by atoms with Crippen molar-refractivity contribution in [2.45, 2.75) is 37.6 Å². The SMILES string of the molecule is O=C(NC1CCC(c2ccc(O)cc2O)CC1)c1cccc(I)c1. The number of hydrogen-bond donors (Lipinski definition) is 3. The molecule has 0 radical (unpaired) electrons. The van der Waals surface area contributed by atoms with Gasteiger partial charge in [0.25, 0.3) is 5.91 Å². The van der Waals surface area contributed by atoms with Gasteiger partial charge in [-0.05, 0) is 84.0 Å². The normalized spacial score (nSPS) is 20.5. The van der Waals surface area contributed by atoms with Gasteiger partial charge in [-0.25, -0.2) is 0 Å². The molecule has 0 aliphatic heterocycles. The number of carbonyl (C=O) groups is 1. The van der Waals surface area contributed by atoms with E-state index in [4.69, 9.17) is 0 Å². The molecule has 1 amide bonds. The van der Waals surface area contributed by atoms with Crippen molar-refractivity contribution in [2.75, 3.05) is 0 Å². The van der Waals surface area contributed by atoms with Crippen LogP contribution in [0.4, 0.5) is 0 Å². The second-order valence-corrected chi connectivity index (χ2v) is 7.52. The largest absolute Gasteiger partial charge is 0.508 e. The highest BCUT2D eigenvalue weighted by atomic mass is 127. The molecule has 0 spiro atoms. The molecule has 0 saturated heterocycles. The topological polar surface area (TPSA) is 69.6 Å². The first-order valence-corrected chi connectivity index (χ1v) is 9.19. The van der Waals surface area contributed by atoms with Crippen LogP contribution in [0.5, 0.6) is 11.5 Å². The Balaban J connectivity index is 1.58. The standard InChI is InChI=1S/C19H20INO3/c20-14-3-1-2-13(10-14)19(24)21-15-6-4-12(5-7-15)17-9-8-16(22)11-18(17)23/h1-3,8-12,15,22-23H,4-7H2,(H,21,24). The average molecular weight is 437 g/mol. The molecule has 1 aliphatic carbocycles. The van der Waals surface area contributed by atoms with E-state index in [0.29, 0.717) is 5.56 Å². The van der Waals surface area contributed by atoms with E-state index < -0.39 is 0 Å². The maximum Gasteiger partial charge on any atom is 0.251 e. The molecule has 4 nitrogen and oxygen atoms in total. The third-order valence-corrected chi connectivity index (χ3v) is 5.27. The second kappa shape index (κ2) is 7.42. The average Bonchev–Trinajstić information content (AvgIpc) is 2.56. The van der Waals surface area contributed by atoms with Gasteiger partial charge in [0.1, 0.15) is 11.5 Å². The molecule has 1 aliphatic rings. The van der Waals surface area contributed by atoms with Crippen LogP contribution >= 0.6 is 22.6 Å². The number of amides is 1. The Morgan fingerprint density at radius 1 is 1.04 bits per heavy atom. The lowest BCUT2D eigenvalue weighted by atomic mass is 9.81. The van der Waals surface area contributed by atoms with Crippen LogP contribution in [0, 0.1) is 3.57 Å². The van der Waals surface area contributed by atoms with Crippen molar-refractivity contribution < 1.29 is 15.0 Å². The smallest absolute Gasteiger partial charge is 0.251 e. The van der Waals surface area contributed by atoms with Gasteiger partial charge in [-0.3, -0.25) is 4.79 Å². The Labute approximate surface area is 155 Å². The Kier molecular flexibility index (Phi) is 5.28. The van der Waals surface area contributed by atoms with E-state index in [9.17, 15) is 15.0 Å². The highest BCUT2D eigenvalue weighted by Gasteiger charge is 2.25. The predicted molar refractivity (Wildman–Crippen MR) is 101 cm³/mol. The molecule has 24 heavy (non-hydrogen) atoms. The Morgan fingerprint density at radius 3 is 2.46 bits per heavy atom. The van der Waals surface area contributed by atoms with E-state index in [1.165, 1.54) is 6.07 Å². The number of aromatic hydroxyl groups is 2. The van der Waals surface area contributed by atoms with Crippen molar-refractivity contribution in [3.8, 4) is 11.5 Å². The number of phenolic OH excluding ortho intramolecular Hbond substituents is 2. The van der Waals surface area contributed by atoms with Gasteiger partial charge >= 0.3 is 0 Å². The molecule has 0 aromatic heterocycles. The zero-order valence-electron chi connectivity index (χ0n) is 13.2. The van der Waals surface area contributed by atoms with Gasteiger partial charge in [0.15, 0.2) is 0 Å². The van der Waals surface area contributed by atoms with Crippen LogP contribution in [0.1, 0.15) is 47.5 Å². The quantitative estimate of drug-likeness (QED) is 0.632. The van der Waals surface area contributed by atoms with E-state index in [1.807, 2.05) is 24.3 Å². The molecule has 1 saturated carbocycles. The van der Waals surface area contributed by atoms with Gasteiger partial charge < -0.3 is 15.5 Å². The van der Waals surface area contributed by atoms with Crippen LogP contribution < -0.4 is 5.32 Å². The fourth-order valence-electron chi connectivity index (χ4n) is 3.32. The number of nitrogens with one attached hydrogen (secondary N) is 1. The zero-order valence-corrected chi connectivity index (χ0v) is 15.4. The van der Waals surface area contributed by atoms with E-state index in [-0.39, 0.29) is 29.4 Å². The maximum atomic E-state index is 12.3. The number of benzene rings is 2. The van der Waals surface area contributed by atoms with Gasteiger partial charge in [0, 0.05) is 21.2 Å². The highest BCUT2D eigenvalue weighted by molar-refractivity contribution is 14.1. The van der Waals surface area contributed by atoms with Crippen molar-refractivity contribution in [1.82, 2.24) is 5.32 Å². The molecule has 5 heteroatoms. The van der Waals surface area contributed by atoms with Crippen molar-refractivity contribution in [3.63, 3.8) is 0 Å². The van der Waals surface area contributed by atoms with E-state index in [0.717, 1.165) is 34.8 Å². The second-order valence-electron chi connectivity index (χ2n) is 6.28. The van der Waals surface area contributed by atoms with Crippen molar-refractivity contribution in [1.29, 1.82) is 0 Å². The number of rotatable bonds is 3. The van der Waals surface area contributed by atoms with E-state index in [2.05, 4.69) is 27.9 Å². The predicted octanol–water partition coefficient (Wildman–Crippen LogP) is 4.16. The van der Waals surface area contributed by atoms with Crippen LogP contribution in [-0.2, 0) is 0 Å². The summed E-state index contributed by atoms with van der Waals surface area (Å²) in [5, 5.41) is 22.5. The molecule has 3 N–H and O–H groups in total. The molecule has 2 aromatic rings. The summed E-state index contributed by atoms with van der Waals surface area (Å²) >= 11 is 2.20. The first kappa shape index (κ1) is 17.1. The molecule has 3 rings (SSSR count). The minimum absolute atomic E-state index is 0.0237. The van der Waals surface area contributed by atoms with E-state index in [1.54, 1.807) is 12.1 Å². The van der Waals surface area contributed by atoms with Gasteiger partial charge in [-0.2, -0.15) is 0 Å². The van der Waals surface area contributed by atoms with Crippen molar-refractivity contribution in [2.24, 2.45) is 0 Å². The maximum absolute atomic E-state index is 12.3. The van der Waals surface area contributed by atoms with Crippen LogP contribution in [0.2, 0.25) is 0 Å². The Hall–Kier alpha value is -1.76. The molecular weight excluding hydrogens is 417 g/mol. The summed E-state index contributed by atoms with van der Waals surface area (Å²) in [6, 6.07) is 12.5. The Morgan fingerprint density at radius 2 is 1.79 bits per heavy atom. The molecular formula is C19H20INO3. The lowest BCUT2D eigenvalue weighted by molar-refractivity contribution is 0.0925. The molecule has 2 aromatic carbocycles. The van der Waals surface area contributed by atoms with Crippen LogP contribution in [0.25, 0.3) is 0 Å². The Bertz CT molecular complexity index is 739. The van der Waals surface area contributed by atoms with Gasteiger partial charge in [0.05, 0.1) is 0 Å². The third-order valence-electron chi connectivity index (χ3n) is 4.60. The summed E-state index contributed by atoms with van der Waals surface area (Å²) < 4.78 is 1.05. The minimum atomic E-state index is -0.0237. The van der Waals surface area contributed by atoms with Crippen LogP contribution in [-0.4, -0.2) is 22.2 Å². The van der Waals surface area contributed by atoms with Crippen LogP contribution in [0.3, 0.4) is 0 Å². The minimum Gasteiger partial charge on any atom is -0.508 e. The lowest BCUT2D eigenvalue weighted by Gasteiger charge is -2.29. The highest BCUT2D eigenvalue weighted by Crippen LogP contribution is 2.38. The molecule has 1 fully saturated rings. The molecule has 126 valence electrons. The number of halogens is 1. The summed E-state index contributed by atoms with van der Waals surface area (Å²) in [4.78, 5) is 12.3. The first-order chi connectivity index (χ1) is 11.5. The summed E-state index contributed by atoms with van der Waals surface area (Å²) in [6.07, 6.45) is 3.60. The van der Waals surface area contributed by atoms with Crippen molar-refractivity contribution >= 4 is 28.5 Å². The van der Waals surface area contributed by atoms with Gasteiger partial charge in [-0.1, -0.05) is 12.1 Å². The summed E-state index contributed by atoms with van der Waals surface area (Å²) in [5.41, 5.74) is 1.58. The van der Waals surface area contributed by atoms with Gasteiger partial charge in [-0.15, -0.1) is 0 Å². The lowest BCUT2D eigenvalue weighted by Crippen LogP contribution is -2.37. The number of phenols is 2. The van der Waals surface area contributed by atoms with E-state index >= 15 is 0 Å². The number of carbonyl (C=O) groups excluding carboxylic acids is 1. The first-order valence-electron chi connectivity index (χ1n) is 8.11. The molecule has 0 heterocycles. The molecule has 0 bridgehead atoms. The molecule has 0 unspecified atom stereocenters.